The van der Waals surface area contributed by atoms with Gasteiger partial charge in [0, 0.05) is 74.1 Å². The monoisotopic (exact) mass is 403 g/mol. The highest BCUT2D eigenvalue weighted by Crippen LogP contribution is 2.36. The minimum atomic E-state index is 0.0341. The number of piperidine rings is 1. The summed E-state index contributed by atoms with van der Waals surface area (Å²) in [5, 5.41) is 4.35. The van der Waals surface area contributed by atoms with Crippen molar-refractivity contribution < 1.29 is 4.79 Å². The second kappa shape index (κ2) is 7.23. The third kappa shape index (κ3) is 3.34. The Bertz CT molecular complexity index is 1160. The smallest absolute Gasteiger partial charge is 0.251 e. The van der Waals surface area contributed by atoms with Gasteiger partial charge in [-0.15, -0.1) is 0 Å². The zero-order valence-corrected chi connectivity index (χ0v) is 17.3. The van der Waals surface area contributed by atoms with Crippen LogP contribution in [0.4, 0.5) is 0 Å². The number of likely N-dealkylation sites (tertiary alicyclic amines) is 1. The van der Waals surface area contributed by atoms with Crippen LogP contribution in [-0.4, -0.2) is 43.2 Å². The Kier molecular flexibility index (Phi) is 4.53. The third-order valence-corrected chi connectivity index (χ3v) is 6.36. The molecule has 154 valence electrons. The van der Waals surface area contributed by atoms with Crippen LogP contribution in [0.3, 0.4) is 0 Å². The van der Waals surface area contributed by atoms with E-state index in [1.54, 1.807) is 23.1 Å². The summed E-state index contributed by atoms with van der Waals surface area (Å²) in [5.74, 6) is 0.637. The molecule has 2 aliphatic rings. The SMILES string of the molecule is Cc1nn(C)cc1CC(=O)N1C[C@@H]2C[C@H](C1)c1cc(-c3cccnc3)cc(=O)n1C2. The van der Waals surface area contributed by atoms with Crippen LogP contribution in [0.2, 0.25) is 0 Å². The topological polar surface area (TPSA) is 73.0 Å². The second-order valence-electron chi connectivity index (χ2n) is 8.55. The number of amides is 1. The molecule has 1 fully saturated rings. The number of fused-ring (bicyclic) bond motifs is 4. The molecule has 0 aliphatic carbocycles. The third-order valence-electron chi connectivity index (χ3n) is 6.36. The van der Waals surface area contributed by atoms with Crippen LogP contribution in [0.15, 0.2) is 47.7 Å². The quantitative estimate of drug-likeness (QED) is 0.672. The number of carbonyl (C=O) groups is 1. The summed E-state index contributed by atoms with van der Waals surface area (Å²) in [5.41, 5.74) is 4.79. The lowest BCUT2D eigenvalue weighted by Gasteiger charge is -2.43. The summed E-state index contributed by atoms with van der Waals surface area (Å²) in [6.07, 6.45) is 6.83. The number of pyridine rings is 2. The number of nitrogens with zero attached hydrogens (tertiary/aromatic N) is 5. The van der Waals surface area contributed by atoms with Crippen LogP contribution in [-0.2, 0) is 24.8 Å². The molecule has 7 heteroatoms. The first-order chi connectivity index (χ1) is 14.5. The van der Waals surface area contributed by atoms with Gasteiger partial charge in [-0.05, 0) is 37.0 Å². The Hall–Kier alpha value is -3.22. The molecular formula is C23H25N5O2. The highest BCUT2D eigenvalue weighted by atomic mass is 16.2. The van der Waals surface area contributed by atoms with Gasteiger partial charge in [0.25, 0.3) is 5.56 Å². The number of hydrogen-bond donors (Lipinski definition) is 0. The summed E-state index contributed by atoms with van der Waals surface area (Å²) >= 11 is 0. The van der Waals surface area contributed by atoms with E-state index in [9.17, 15) is 9.59 Å². The van der Waals surface area contributed by atoms with Crippen molar-refractivity contribution in [1.29, 1.82) is 0 Å². The fraction of sp³-hybridized carbons (Fsp3) is 0.391. The minimum absolute atomic E-state index is 0.0341. The van der Waals surface area contributed by atoms with Crippen LogP contribution in [0.1, 0.15) is 29.3 Å². The predicted octanol–water partition coefficient (Wildman–Crippen LogP) is 2.14. The lowest BCUT2D eigenvalue weighted by atomic mass is 9.82. The first kappa shape index (κ1) is 18.8. The minimum Gasteiger partial charge on any atom is -0.341 e. The Morgan fingerprint density at radius 1 is 1.20 bits per heavy atom. The Morgan fingerprint density at radius 3 is 2.80 bits per heavy atom. The van der Waals surface area contributed by atoms with Gasteiger partial charge in [0.15, 0.2) is 0 Å². The van der Waals surface area contributed by atoms with Crippen molar-refractivity contribution in [2.45, 2.75) is 32.2 Å². The number of aryl methyl sites for hydroxylation is 2. The molecule has 1 amide bonds. The Balaban J connectivity index is 1.42. The predicted molar refractivity (Wildman–Crippen MR) is 113 cm³/mol. The van der Waals surface area contributed by atoms with Crippen molar-refractivity contribution in [2.75, 3.05) is 13.1 Å². The molecular weight excluding hydrogens is 378 g/mol. The normalized spacial score (nSPS) is 20.1. The fourth-order valence-electron chi connectivity index (χ4n) is 4.96. The van der Waals surface area contributed by atoms with Crippen molar-refractivity contribution in [3.05, 3.63) is 70.2 Å². The highest BCUT2D eigenvalue weighted by molar-refractivity contribution is 5.79. The molecule has 2 bridgehead atoms. The summed E-state index contributed by atoms with van der Waals surface area (Å²) in [6.45, 7) is 3.99. The summed E-state index contributed by atoms with van der Waals surface area (Å²) in [6, 6.07) is 7.66. The standard InChI is InChI=1S/C23H25N5O2/c1-15-19(13-26(2)25-15)9-22(29)27-11-16-6-20(14-27)21-7-18(8-23(30)28(21)12-16)17-4-3-5-24-10-17/h3-5,7-8,10,13,16,20H,6,9,11-12,14H2,1-2H3/t16-,20+/m0/s1. The van der Waals surface area contributed by atoms with Crippen molar-refractivity contribution in [3.63, 3.8) is 0 Å². The molecule has 5 heterocycles. The van der Waals surface area contributed by atoms with Crippen molar-refractivity contribution in [3.8, 4) is 11.1 Å². The lowest BCUT2D eigenvalue weighted by molar-refractivity contribution is -0.133. The summed E-state index contributed by atoms with van der Waals surface area (Å²) in [7, 11) is 1.88. The molecule has 30 heavy (non-hydrogen) atoms. The maximum Gasteiger partial charge on any atom is 0.251 e. The molecule has 2 atom stereocenters. The number of rotatable bonds is 3. The van der Waals surface area contributed by atoms with Crippen LogP contribution >= 0.6 is 0 Å². The lowest BCUT2D eigenvalue weighted by Crippen LogP contribution is -2.49. The molecule has 1 saturated heterocycles. The molecule has 0 aromatic carbocycles. The van der Waals surface area contributed by atoms with Gasteiger partial charge in [-0.3, -0.25) is 19.3 Å². The van der Waals surface area contributed by atoms with Gasteiger partial charge in [-0.25, -0.2) is 0 Å². The van der Waals surface area contributed by atoms with Crippen LogP contribution in [0, 0.1) is 12.8 Å². The zero-order valence-electron chi connectivity index (χ0n) is 17.3. The highest BCUT2D eigenvalue weighted by Gasteiger charge is 2.36. The van der Waals surface area contributed by atoms with Gasteiger partial charge >= 0.3 is 0 Å². The fourth-order valence-corrected chi connectivity index (χ4v) is 4.96. The molecule has 0 N–H and O–H groups in total. The summed E-state index contributed by atoms with van der Waals surface area (Å²) < 4.78 is 3.66. The van der Waals surface area contributed by atoms with Gasteiger partial charge < -0.3 is 9.47 Å². The summed E-state index contributed by atoms with van der Waals surface area (Å²) in [4.78, 5) is 32.0. The molecule has 0 radical (unpaired) electrons. The van der Waals surface area contributed by atoms with E-state index in [2.05, 4.69) is 16.1 Å². The van der Waals surface area contributed by atoms with Crippen LogP contribution in [0.5, 0.6) is 0 Å². The number of aromatic nitrogens is 4. The van der Waals surface area contributed by atoms with Gasteiger partial charge in [0.05, 0.1) is 12.1 Å². The second-order valence-corrected chi connectivity index (χ2v) is 8.55. The van der Waals surface area contributed by atoms with Gasteiger partial charge in [0.2, 0.25) is 5.91 Å². The molecule has 0 unspecified atom stereocenters. The van der Waals surface area contributed by atoms with E-state index in [4.69, 9.17) is 0 Å². The van der Waals surface area contributed by atoms with Gasteiger partial charge in [-0.1, -0.05) is 6.07 Å². The number of carbonyl (C=O) groups excluding carboxylic acids is 1. The zero-order chi connectivity index (χ0) is 20.8. The van der Waals surface area contributed by atoms with Crippen molar-refractivity contribution >= 4 is 5.91 Å². The molecule has 0 spiro atoms. The van der Waals surface area contributed by atoms with Crippen LogP contribution < -0.4 is 5.56 Å². The van der Waals surface area contributed by atoms with E-state index < -0.39 is 0 Å². The number of hydrogen-bond acceptors (Lipinski definition) is 4. The van der Waals surface area contributed by atoms with E-state index in [0.717, 1.165) is 34.5 Å². The molecule has 7 nitrogen and oxygen atoms in total. The van der Waals surface area contributed by atoms with E-state index in [1.807, 2.05) is 41.8 Å². The maximum absolute atomic E-state index is 13.0. The molecule has 0 saturated carbocycles. The molecule has 3 aromatic rings. The first-order valence-electron chi connectivity index (χ1n) is 10.4. The van der Waals surface area contributed by atoms with E-state index in [1.165, 1.54) is 0 Å². The molecule has 5 rings (SSSR count). The Labute approximate surface area is 175 Å². The van der Waals surface area contributed by atoms with Crippen molar-refractivity contribution in [1.82, 2.24) is 24.2 Å². The largest absolute Gasteiger partial charge is 0.341 e. The van der Waals surface area contributed by atoms with E-state index in [0.29, 0.717) is 32.0 Å². The van der Waals surface area contributed by atoms with Crippen LogP contribution in [0.25, 0.3) is 11.1 Å². The van der Waals surface area contributed by atoms with Crippen molar-refractivity contribution in [2.24, 2.45) is 13.0 Å². The average molecular weight is 403 g/mol. The molecule has 2 aliphatic heterocycles. The maximum atomic E-state index is 13.0. The van der Waals surface area contributed by atoms with Gasteiger partial charge in [-0.2, -0.15) is 5.10 Å². The van der Waals surface area contributed by atoms with Gasteiger partial charge in [0.1, 0.15) is 0 Å². The van der Waals surface area contributed by atoms with E-state index >= 15 is 0 Å². The first-order valence-corrected chi connectivity index (χ1v) is 10.4. The molecule has 3 aromatic heterocycles. The van der Waals surface area contributed by atoms with E-state index in [-0.39, 0.29) is 17.4 Å². The average Bonchev–Trinajstić information content (AvgIpc) is 3.05. The Morgan fingerprint density at radius 2 is 2.07 bits per heavy atom.